The molecule has 0 amide bonds. The van der Waals surface area contributed by atoms with Gasteiger partial charge in [-0.3, -0.25) is 0 Å². The standard InChI is InChI=1S/C15H19ClN4/c1-11-9-20(10-15-18-8-14(16)19(15)2)13-6-4-3-5-12(13)7-17-11/h3-6,8,11,17H,7,9-10H2,1-2H3. The van der Waals surface area contributed by atoms with Crippen LogP contribution in [0.15, 0.2) is 30.5 Å². The number of para-hydroxylation sites is 1. The summed E-state index contributed by atoms with van der Waals surface area (Å²) in [5, 5.41) is 4.22. The molecule has 106 valence electrons. The summed E-state index contributed by atoms with van der Waals surface area (Å²) in [4.78, 5) is 6.78. The molecule has 0 saturated heterocycles. The monoisotopic (exact) mass is 290 g/mol. The van der Waals surface area contributed by atoms with E-state index >= 15 is 0 Å². The second-order valence-electron chi connectivity index (χ2n) is 5.35. The fraction of sp³-hybridized carbons (Fsp3) is 0.400. The van der Waals surface area contributed by atoms with E-state index in [2.05, 4.69) is 46.4 Å². The van der Waals surface area contributed by atoms with E-state index in [1.165, 1.54) is 11.3 Å². The number of nitrogens with zero attached hydrogens (tertiary/aromatic N) is 3. The second-order valence-corrected chi connectivity index (χ2v) is 5.73. The molecule has 1 aliphatic heterocycles. The van der Waals surface area contributed by atoms with Crippen LogP contribution in [0.2, 0.25) is 5.15 Å². The predicted octanol–water partition coefficient (Wildman–Crippen LogP) is 2.57. The molecule has 20 heavy (non-hydrogen) atoms. The Balaban J connectivity index is 1.92. The lowest BCUT2D eigenvalue weighted by Gasteiger charge is -2.26. The third-order valence-electron chi connectivity index (χ3n) is 3.83. The summed E-state index contributed by atoms with van der Waals surface area (Å²) < 4.78 is 1.94. The van der Waals surface area contributed by atoms with Crippen molar-refractivity contribution < 1.29 is 0 Å². The van der Waals surface area contributed by atoms with Gasteiger partial charge >= 0.3 is 0 Å². The van der Waals surface area contributed by atoms with Crippen LogP contribution in [-0.4, -0.2) is 22.1 Å². The van der Waals surface area contributed by atoms with Crippen molar-refractivity contribution in [3.05, 3.63) is 47.0 Å². The number of aromatic nitrogens is 2. The van der Waals surface area contributed by atoms with E-state index in [1.54, 1.807) is 6.20 Å². The molecule has 4 nitrogen and oxygen atoms in total. The lowest BCUT2D eigenvalue weighted by atomic mass is 10.1. The van der Waals surface area contributed by atoms with Gasteiger partial charge in [-0.05, 0) is 18.6 Å². The molecule has 0 bridgehead atoms. The molecule has 0 saturated carbocycles. The zero-order chi connectivity index (χ0) is 14.1. The molecule has 1 N–H and O–H groups in total. The van der Waals surface area contributed by atoms with Gasteiger partial charge in [0.15, 0.2) is 0 Å². The smallest absolute Gasteiger partial charge is 0.129 e. The number of rotatable bonds is 2. The highest BCUT2D eigenvalue weighted by Crippen LogP contribution is 2.25. The van der Waals surface area contributed by atoms with Crippen LogP contribution in [0.5, 0.6) is 0 Å². The van der Waals surface area contributed by atoms with E-state index in [-0.39, 0.29) is 0 Å². The molecule has 5 heteroatoms. The minimum Gasteiger partial charge on any atom is -0.362 e. The van der Waals surface area contributed by atoms with Crippen molar-refractivity contribution in [3.63, 3.8) is 0 Å². The lowest BCUT2D eigenvalue weighted by Crippen LogP contribution is -2.36. The molecule has 1 unspecified atom stereocenters. The number of benzene rings is 1. The number of hydrogen-bond donors (Lipinski definition) is 1. The van der Waals surface area contributed by atoms with Gasteiger partial charge in [0.1, 0.15) is 11.0 Å². The van der Waals surface area contributed by atoms with Crippen molar-refractivity contribution >= 4 is 17.3 Å². The van der Waals surface area contributed by atoms with E-state index < -0.39 is 0 Å². The quantitative estimate of drug-likeness (QED) is 0.923. The number of imidazole rings is 1. The van der Waals surface area contributed by atoms with Crippen LogP contribution in [0.3, 0.4) is 0 Å². The molecule has 1 aliphatic rings. The Morgan fingerprint density at radius 2 is 2.20 bits per heavy atom. The zero-order valence-corrected chi connectivity index (χ0v) is 12.6. The third-order valence-corrected chi connectivity index (χ3v) is 4.18. The molecule has 2 heterocycles. The summed E-state index contributed by atoms with van der Waals surface area (Å²) in [6.07, 6.45) is 1.71. The van der Waals surface area contributed by atoms with Crippen LogP contribution in [0, 0.1) is 0 Å². The Morgan fingerprint density at radius 3 is 2.95 bits per heavy atom. The Morgan fingerprint density at radius 1 is 1.40 bits per heavy atom. The van der Waals surface area contributed by atoms with E-state index in [9.17, 15) is 0 Å². The van der Waals surface area contributed by atoms with Crippen LogP contribution in [0.4, 0.5) is 5.69 Å². The van der Waals surface area contributed by atoms with Gasteiger partial charge in [0.25, 0.3) is 0 Å². The topological polar surface area (TPSA) is 33.1 Å². The molecule has 0 fully saturated rings. The average Bonchev–Trinajstić information content (AvgIpc) is 2.68. The second kappa shape index (κ2) is 5.46. The van der Waals surface area contributed by atoms with Gasteiger partial charge in [0.2, 0.25) is 0 Å². The first kappa shape index (κ1) is 13.5. The van der Waals surface area contributed by atoms with Gasteiger partial charge in [-0.2, -0.15) is 0 Å². The Labute approximate surface area is 124 Å². The molecule has 0 spiro atoms. The first-order valence-electron chi connectivity index (χ1n) is 6.87. The first-order valence-corrected chi connectivity index (χ1v) is 7.25. The fourth-order valence-electron chi connectivity index (χ4n) is 2.64. The van der Waals surface area contributed by atoms with Gasteiger partial charge in [-0.25, -0.2) is 4.98 Å². The number of fused-ring (bicyclic) bond motifs is 1. The van der Waals surface area contributed by atoms with Crippen molar-refractivity contribution in [2.45, 2.75) is 26.1 Å². The highest BCUT2D eigenvalue weighted by molar-refractivity contribution is 6.29. The number of halogens is 1. The lowest BCUT2D eigenvalue weighted by molar-refractivity contribution is 0.547. The molecular formula is C15H19ClN4. The third kappa shape index (κ3) is 2.53. The minimum absolute atomic E-state index is 0.443. The first-order chi connectivity index (χ1) is 9.65. The highest BCUT2D eigenvalue weighted by atomic mass is 35.5. The average molecular weight is 291 g/mol. The molecule has 2 aromatic rings. The van der Waals surface area contributed by atoms with Gasteiger partial charge in [-0.15, -0.1) is 0 Å². The van der Waals surface area contributed by atoms with Crippen molar-refractivity contribution in [3.8, 4) is 0 Å². The maximum atomic E-state index is 6.08. The van der Waals surface area contributed by atoms with Crippen molar-refractivity contribution in [1.29, 1.82) is 0 Å². The normalized spacial score (nSPS) is 18.8. The van der Waals surface area contributed by atoms with Gasteiger partial charge in [-0.1, -0.05) is 29.8 Å². The maximum Gasteiger partial charge on any atom is 0.129 e. The van der Waals surface area contributed by atoms with Crippen LogP contribution in [0.25, 0.3) is 0 Å². The molecule has 1 atom stereocenters. The van der Waals surface area contributed by atoms with Crippen LogP contribution in [-0.2, 0) is 20.1 Å². The van der Waals surface area contributed by atoms with Gasteiger partial charge < -0.3 is 14.8 Å². The summed E-state index contributed by atoms with van der Waals surface area (Å²) >= 11 is 6.08. The van der Waals surface area contributed by atoms with E-state index in [0.29, 0.717) is 11.2 Å². The van der Waals surface area contributed by atoms with Crippen LogP contribution < -0.4 is 10.2 Å². The van der Waals surface area contributed by atoms with E-state index in [1.807, 2.05) is 11.6 Å². The zero-order valence-electron chi connectivity index (χ0n) is 11.8. The molecular weight excluding hydrogens is 272 g/mol. The maximum absolute atomic E-state index is 6.08. The van der Waals surface area contributed by atoms with Gasteiger partial charge in [0.05, 0.1) is 12.7 Å². The summed E-state index contributed by atoms with van der Waals surface area (Å²) in [6.45, 7) is 4.85. The summed E-state index contributed by atoms with van der Waals surface area (Å²) in [7, 11) is 1.95. The number of anilines is 1. The highest BCUT2D eigenvalue weighted by Gasteiger charge is 2.20. The van der Waals surface area contributed by atoms with Crippen molar-refractivity contribution in [2.75, 3.05) is 11.4 Å². The molecule has 1 aromatic heterocycles. The van der Waals surface area contributed by atoms with Crippen molar-refractivity contribution in [1.82, 2.24) is 14.9 Å². The predicted molar refractivity (Wildman–Crippen MR) is 82.0 cm³/mol. The van der Waals surface area contributed by atoms with E-state index in [4.69, 9.17) is 11.6 Å². The summed E-state index contributed by atoms with van der Waals surface area (Å²) in [6, 6.07) is 8.98. The van der Waals surface area contributed by atoms with E-state index in [0.717, 1.165) is 25.5 Å². The summed E-state index contributed by atoms with van der Waals surface area (Å²) in [5.74, 6) is 0.985. The largest absolute Gasteiger partial charge is 0.362 e. The Hall–Kier alpha value is -1.52. The van der Waals surface area contributed by atoms with Crippen LogP contribution >= 0.6 is 11.6 Å². The minimum atomic E-state index is 0.443. The molecule has 0 aliphatic carbocycles. The number of nitrogens with one attached hydrogen (secondary N) is 1. The van der Waals surface area contributed by atoms with Crippen molar-refractivity contribution in [2.24, 2.45) is 7.05 Å². The molecule has 1 aromatic carbocycles. The SMILES string of the molecule is CC1CN(Cc2ncc(Cl)n2C)c2ccccc2CN1. The molecule has 3 rings (SSSR count). The Kier molecular flexibility index (Phi) is 3.68. The number of hydrogen-bond acceptors (Lipinski definition) is 3. The van der Waals surface area contributed by atoms with Gasteiger partial charge in [0, 0.05) is 31.9 Å². The Bertz CT molecular complexity index is 608. The molecule has 0 radical (unpaired) electrons. The fourth-order valence-corrected chi connectivity index (χ4v) is 2.78. The van der Waals surface area contributed by atoms with Crippen LogP contribution in [0.1, 0.15) is 18.3 Å². The summed E-state index contributed by atoms with van der Waals surface area (Å²) in [5.41, 5.74) is 2.61.